The van der Waals surface area contributed by atoms with Crippen LogP contribution in [0.1, 0.15) is 36.5 Å². The Kier molecular flexibility index (Phi) is 3.45. The molecule has 0 bridgehead atoms. The first-order chi connectivity index (χ1) is 6.97. The molecule has 1 rings (SSSR count). The average Bonchev–Trinajstić information content (AvgIpc) is 2.17. The Morgan fingerprint density at radius 1 is 1.53 bits per heavy atom. The summed E-state index contributed by atoms with van der Waals surface area (Å²) in [4.78, 5) is 10.8. The summed E-state index contributed by atoms with van der Waals surface area (Å²) in [5.74, 6) is -1.72. The molecule has 0 aromatic heterocycles. The van der Waals surface area contributed by atoms with Gasteiger partial charge >= 0.3 is 5.97 Å². The number of hydrogen-bond acceptors (Lipinski definition) is 1. The van der Waals surface area contributed by atoms with Crippen molar-refractivity contribution in [2.24, 2.45) is 0 Å². The van der Waals surface area contributed by atoms with Crippen molar-refractivity contribution < 1.29 is 14.3 Å². The van der Waals surface area contributed by atoms with Gasteiger partial charge in [0.05, 0.1) is 5.92 Å². The van der Waals surface area contributed by atoms with Gasteiger partial charge in [-0.3, -0.25) is 4.79 Å². The molecule has 1 aromatic rings. The van der Waals surface area contributed by atoms with Gasteiger partial charge in [0.2, 0.25) is 0 Å². The lowest BCUT2D eigenvalue weighted by Crippen LogP contribution is -2.10. The van der Waals surface area contributed by atoms with Gasteiger partial charge in [-0.2, -0.15) is 0 Å². The number of aryl methyl sites for hydroxylation is 2. The molecule has 2 nitrogen and oxygen atoms in total. The van der Waals surface area contributed by atoms with Crippen LogP contribution in [0.4, 0.5) is 4.39 Å². The second-order valence-electron chi connectivity index (χ2n) is 3.71. The van der Waals surface area contributed by atoms with Crippen LogP contribution in [0.3, 0.4) is 0 Å². The summed E-state index contributed by atoms with van der Waals surface area (Å²) < 4.78 is 13.3. The van der Waals surface area contributed by atoms with Crippen LogP contribution in [-0.4, -0.2) is 11.1 Å². The molecule has 0 radical (unpaired) electrons. The maximum atomic E-state index is 13.3. The Morgan fingerprint density at radius 3 is 2.60 bits per heavy atom. The van der Waals surface area contributed by atoms with E-state index in [-0.39, 0.29) is 5.82 Å². The van der Waals surface area contributed by atoms with Crippen LogP contribution in [-0.2, 0) is 11.2 Å². The Hall–Kier alpha value is -1.38. The third-order valence-electron chi connectivity index (χ3n) is 2.65. The molecule has 0 aliphatic carbocycles. The number of rotatable bonds is 3. The highest BCUT2D eigenvalue weighted by Gasteiger charge is 2.17. The van der Waals surface area contributed by atoms with E-state index in [0.29, 0.717) is 23.1 Å². The molecule has 0 saturated heterocycles. The molecule has 82 valence electrons. The fourth-order valence-corrected chi connectivity index (χ4v) is 1.61. The minimum absolute atomic E-state index is 0.253. The third-order valence-corrected chi connectivity index (χ3v) is 2.65. The lowest BCUT2D eigenvalue weighted by molar-refractivity contribution is -0.138. The van der Waals surface area contributed by atoms with Crippen molar-refractivity contribution in [2.75, 3.05) is 0 Å². The number of hydrogen-bond donors (Lipinski definition) is 1. The molecule has 15 heavy (non-hydrogen) atoms. The SMILES string of the molecule is CCc1cc(C(C)C(=O)O)c(C)cc1F. The summed E-state index contributed by atoms with van der Waals surface area (Å²) in [6, 6.07) is 3.07. The maximum Gasteiger partial charge on any atom is 0.310 e. The van der Waals surface area contributed by atoms with Crippen molar-refractivity contribution in [1.29, 1.82) is 0 Å². The number of carboxylic acid groups (broad SMARTS) is 1. The van der Waals surface area contributed by atoms with Crippen molar-refractivity contribution in [3.63, 3.8) is 0 Å². The molecular weight excluding hydrogens is 195 g/mol. The van der Waals surface area contributed by atoms with Gasteiger partial charge in [-0.05, 0) is 43.0 Å². The third kappa shape index (κ3) is 2.35. The number of carboxylic acids is 1. The standard InChI is InChI=1S/C12H15FO2/c1-4-9-6-10(8(3)12(14)15)7(2)5-11(9)13/h5-6,8H,4H2,1-3H3,(H,14,15). The number of halogens is 1. The van der Waals surface area contributed by atoms with Crippen LogP contribution in [0.5, 0.6) is 0 Å². The van der Waals surface area contributed by atoms with Crippen LogP contribution in [0, 0.1) is 12.7 Å². The lowest BCUT2D eigenvalue weighted by Gasteiger charge is -2.12. The van der Waals surface area contributed by atoms with Crippen molar-refractivity contribution in [2.45, 2.75) is 33.1 Å². The monoisotopic (exact) mass is 210 g/mol. The quantitative estimate of drug-likeness (QED) is 0.832. The Balaban J connectivity index is 3.24. The molecule has 0 heterocycles. The topological polar surface area (TPSA) is 37.3 Å². The highest BCUT2D eigenvalue weighted by molar-refractivity contribution is 5.76. The van der Waals surface area contributed by atoms with Gasteiger partial charge in [-0.15, -0.1) is 0 Å². The van der Waals surface area contributed by atoms with Gasteiger partial charge in [0.1, 0.15) is 5.82 Å². The highest BCUT2D eigenvalue weighted by atomic mass is 19.1. The van der Waals surface area contributed by atoms with E-state index in [1.807, 2.05) is 6.92 Å². The molecule has 1 aromatic carbocycles. The number of aliphatic carboxylic acids is 1. The molecule has 1 N–H and O–H groups in total. The average molecular weight is 210 g/mol. The van der Waals surface area contributed by atoms with Crippen LogP contribution in [0.15, 0.2) is 12.1 Å². The molecule has 1 atom stereocenters. The summed E-state index contributed by atoms with van der Waals surface area (Å²) in [7, 11) is 0. The van der Waals surface area contributed by atoms with E-state index >= 15 is 0 Å². The van der Waals surface area contributed by atoms with Crippen LogP contribution in [0.2, 0.25) is 0 Å². The highest BCUT2D eigenvalue weighted by Crippen LogP contribution is 2.23. The van der Waals surface area contributed by atoms with E-state index in [1.54, 1.807) is 19.9 Å². The second kappa shape index (κ2) is 4.43. The summed E-state index contributed by atoms with van der Waals surface area (Å²) in [6.07, 6.45) is 0.575. The molecule has 0 fully saturated rings. The minimum Gasteiger partial charge on any atom is -0.481 e. The second-order valence-corrected chi connectivity index (χ2v) is 3.71. The molecular formula is C12H15FO2. The zero-order chi connectivity index (χ0) is 11.6. The van der Waals surface area contributed by atoms with E-state index in [1.165, 1.54) is 6.07 Å². The molecule has 1 unspecified atom stereocenters. The Morgan fingerprint density at radius 2 is 2.13 bits per heavy atom. The maximum absolute atomic E-state index is 13.3. The van der Waals surface area contributed by atoms with Crippen LogP contribution < -0.4 is 0 Å². The Labute approximate surface area is 88.7 Å². The van der Waals surface area contributed by atoms with Gasteiger partial charge in [0, 0.05) is 0 Å². The normalized spacial score (nSPS) is 12.5. The number of benzene rings is 1. The van der Waals surface area contributed by atoms with Gasteiger partial charge in [0.25, 0.3) is 0 Å². The zero-order valence-corrected chi connectivity index (χ0v) is 9.17. The van der Waals surface area contributed by atoms with Gasteiger partial charge < -0.3 is 5.11 Å². The summed E-state index contributed by atoms with van der Waals surface area (Å²) >= 11 is 0. The van der Waals surface area contributed by atoms with Crippen LogP contribution >= 0.6 is 0 Å². The first kappa shape index (κ1) is 11.7. The number of carbonyl (C=O) groups is 1. The van der Waals surface area contributed by atoms with Crippen molar-refractivity contribution in [1.82, 2.24) is 0 Å². The van der Waals surface area contributed by atoms with E-state index in [9.17, 15) is 9.18 Å². The fourth-order valence-electron chi connectivity index (χ4n) is 1.61. The first-order valence-electron chi connectivity index (χ1n) is 4.99. The molecule has 0 aliphatic heterocycles. The van der Waals surface area contributed by atoms with Gasteiger partial charge in [-0.25, -0.2) is 4.39 Å². The Bertz CT molecular complexity index is 385. The minimum atomic E-state index is -0.883. The van der Waals surface area contributed by atoms with E-state index in [0.717, 1.165) is 0 Å². The van der Waals surface area contributed by atoms with Gasteiger partial charge in [-0.1, -0.05) is 13.0 Å². The molecule has 0 spiro atoms. The van der Waals surface area contributed by atoms with E-state index in [2.05, 4.69) is 0 Å². The predicted molar refractivity (Wildman–Crippen MR) is 56.6 cm³/mol. The molecule has 3 heteroatoms. The van der Waals surface area contributed by atoms with Crippen molar-refractivity contribution >= 4 is 5.97 Å². The summed E-state index contributed by atoms with van der Waals surface area (Å²) in [5.41, 5.74) is 1.96. The van der Waals surface area contributed by atoms with Crippen LogP contribution in [0.25, 0.3) is 0 Å². The molecule has 0 aliphatic rings. The van der Waals surface area contributed by atoms with E-state index in [4.69, 9.17) is 5.11 Å². The summed E-state index contributed by atoms with van der Waals surface area (Å²) in [5, 5.41) is 8.90. The van der Waals surface area contributed by atoms with E-state index < -0.39 is 11.9 Å². The largest absolute Gasteiger partial charge is 0.481 e. The van der Waals surface area contributed by atoms with Gasteiger partial charge in [0.15, 0.2) is 0 Å². The predicted octanol–water partition coefficient (Wildman–Crippen LogP) is 2.88. The first-order valence-corrected chi connectivity index (χ1v) is 4.99. The zero-order valence-electron chi connectivity index (χ0n) is 9.17. The fraction of sp³-hybridized carbons (Fsp3) is 0.417. The van der Waals surface area contributed by atoms with Crippen molar-refractivity contribution in [3.8, 4) is 0 Å². The van der Waals surface area contributed by atoms with Crippen molar-refractivity contribution in [3.05, 3.63) is 34.6 Å². The molecule has 0 amide bonds. The summed E-state index contributed by atoms with van der Waals surface area (Å²) in [6.45, 7) is 5.20. The lowest BCUT2D eigenvalue weighted by atomic mass is 9.93. The molecule has 0 saturated carbocycles. The smallest absolute Gasteiger partial charge is 0.310 e.